The number of methoxy groups -OCH3 is 1. The maximum Gasteiger partial charge on any atom is 0.344 e. The van der Waals surface area contributed by atoms with Gasteiger partial charge >= 0.3 is 5.97 Å². The van der Waals surface area contributed by atoms with Crippen LogP contribution in [0.2, 0.25) is 0 Å². The predicted octanol–water partition coefficient (Wildman–Crippen LogP) is 0.323. The van der Waals surface area contributed by atoms with Gasteiger partial charge in [-0.3, -0.25) is 0 Å². The first kappa shape index (κ1) is 14.7. The molecule has 102 valence electrons. The fourth-order valence-corrected chi connectivity index (χ4v) is 1.99. The minimum atomic E-state index is -0.500. The van der Waals surface area contributed by atoms with E-state index in [1.165, 1.54) is 7.11 Å². The molecule has 1 heterocycles. The highest BCUT2D eigenvalue weighted by Gasteiger charge is 2.19. The van der Waals surface area contributed by atoms with Crippen molar-refractivity contribution < 1.29 is 19.4 Å². The summed E-state index contributed by atoms with van der Waals surface area (Å²) in [7, 11) is 1.30. The molecule has 0 atom stereocenters. The van der Waals surface area contributed by atoms with E-state index in [0.29, 0.717) is 24.8 Å². The van der Waals surface area contributed by atoms with Gasteiger partial charge in [0.1, 0.15) is 10.6 Å². The van der Waals surface area contributed by atoms with E-state index in [1.54, 1.807) is 0 Å². The molecule has 1 rings (SSSR count). The largest absolute Gasteiger partial charge is 0.465 e. The number of rotatable bonds is 8. The number of anilines is 2. The van der Waals surface area contributed by atoms with E-state index in [2.05, 4.69) is 14.4 Å². The van der Waals surface area contributed by atoms with Crippen LogP contribution < -0.4 is 11.1 Å². The molecule has 0 aliphatic carbocycles. The molecule has 18 heavy (non-hydrogen) atoms. The summed E-state index contributed by atoms with van der Waals surface area (Å²) in [5.41, 5.74) is 5.87. The number of aliphatic hydroxyl groups is 1. The van der Waals surface area contributed by atoms with Crippen molar-refractivity contribution in [3.8, 4) is 0 Å². The molecular formula is C10H17N3O4S. The van der Waals surface area contributed by atoms with Gasteiger partial charge in [0.25, 0.3) is 0 Å². The third kappa shape index (κ3) is 4.13. The normalized spacial score (nSPS) is 10.3. The first-order valence-corrected chi connectivity index (χ1v) is 6.24. The molecule has 0 fully saturated rings. The molecule has 0 bridgehead atoms. The first-order chi connectivity index (χ1) is 8.70. The SMILES string of the molecule is COC(=O)c1c(N)nsc1NCCCOCCO. The molecule has 7 nitrogen and oxygen atoms in total. The molecule has 0 radical (unpaired) electrons. The fourth-order valence-electron chi connectivity index (χ4n) is 1.27. The highest BCUT2D eigenvalue weighted by molar-refractivity contribution is 7.11. The van der Waals surface area contributed by atoms with Crippen LogP contribution in [0, 0.1) is 0 Å². The summed E-state index contributed by atoms with van der Waals surface area (Å²) in [6, 6.07) is 0. The van der Waals surface area contributed by atoms with Gasteiger partial charge < -0.3 is 25.6 Å². The minimum Gasteiger partial charge on any atom is -0.465 e. The molecule has 4 N–H and O–H groups in total. The average molecular weight is 275 g/mol. The van der Waals surface area contributed by atoms with Gasteiger partial charge in [-0.2, -0.15) is 4.37 Å². The molecule has 0 spiro atoms. The number of carbonyl (C=O) groups excluding carboxylic acids is 1. The van der Waals surface area contributed by atoms with Crippen molar-refractivity contribution in [2.45, 2.75) is 6.42 Å². The van der Waals surface area contributed by atoms with Gasteiger partial charge in [0.2, 0.25) is 0 Å². The topological polar surface area (TPSA) is 107 Å². The van der Waals surface area contributed by atoms with E-state index in [9.17, 15) is 4.79 Å². The Kier molecular flexibility index (Phi) is 6.40. The van der Waals surface area contributed by atoms with Crippen LogP contribution >= 0.6 is 11.5 Å². The van der Waals surface area contributed by atoms with Crippen LogP contribution in [-0.2, 0) is 9.47 Å². The number of hydrogen-bond acceptors (Lipinski definition) is 8. The number of nitrogens with zero attached hydrogens (tertiary/aromatic N) is 1. The van der Waals surface area contributed by atoms with E-state index in [-0.39, 0.29) is 18.0 Å². The van der Waals surface area contributed by atoms with Crippen LogP contribution in [0.3, 0.4) is 0 Å². The molecule has 0 aliphatic rings. The van der Waals surface area contributed by atoms with Crippen LogP contribution in [-0.4, -0.2) is 48.9 Å². The molecular weight excluding hydrogens is 258 g/mol. The maximum atomic E-state index is 11.5. The van der Waals surface area contributed by atoms with Gasteiger partial charge in [-0.25, -0.2) is 4.79 Å². The lowest BCUT2D eigenvalue weighted by atomic mass is 10.3. The first-order valence-electron chi connectivity index (χ1n) is 5.46. The molecule has 8 heteroatoms. The maximum absolute atomic E-state index is 11.5. The predicted molar refractivity (Wildman–Crippen MR) is 68.9 cm³/mol. The molecule has 0 aromatic carbocycles. The lowest BCUT2D eigenvalue weighted by Gasteiger charge is -2.06. The molecule has 0 amide bonds. The Labute approximate surface area is 109 Å². The van der Waals surface area contributed by atoms with Crippen molar-refractivity contribution in [2.75, 3.05) is 44.5 Å². The lowest BCUT2D eigenvalue weighted by Crippen LogP contribution is -2.10. The number of nitrogen functional groups attached to an aromatic ring is 1. The van der Waals surface area contributed by atoms with Crippen molar-refractivity contribution >= 4 is 28.3 Å². The fraction of sp³-hybridized carbons (Fsp3) is 0.600. The van der Waals surface area contributed by atoms with E-state index in [1.807, 2.05) is 0 Å². The second kappa shape index (κ2) is 7.85. The van der Waals surface area contributed by atoms with Crippen molar-refractivity contribution in [1.29, 1.82) is 0 Å². The summed E-state index contributed by atoms with van der Waals surface area (Å²) >= 11 is 1.12. The standard InChI is InChI=1S/C10H17N3O4S/c1-16-10(15)7-8(11)13-18-9(7)12-3-2-5-17-6-4-14/h12,14H,2-6H2,1H3,(H2,11,13). The molecule has 0 saturated heterocycles. The molecule has 1 aromatic heterocycles. The second-order valence-corrected chi connectivity index (χ2v) is 4.15. The number of ether oxygens (including phenoxy) is 2. The van der Waals surface area contributed by atoms with Crippen molar-refractivity contribution in [2.24, 2.45) is 0 Å². The van der Waals surface area contributed by atoms with Crippen molar-refractivity contribution in [1.82, 2.24) is 4.37 Å². The van der Waals surface area contributed by atoms with Crippen molar-refractivity contribution in [3.05, 3.63) is 5.56 Å². The Hall–Kier alpha value is -1.38. The minimum absolute atomic E-state index is 0.0191. The summed E-state index contributed by atoms with van der Waals surface area (Å²) in [4.78, 5) is 11.5. The summed E-state index contributed by atoms with van der Waals surface area (Å²) in [6.45, 7) is 1.51. The van der Waals surface area contributed by atoms with Crippen LogP contribution in [0.5, 0.6) is 0 Å². The summed E-state index contributed by atoms with van der Waals surface area (Å²) in [6.07, 6.45) is 0.748. The Morgan fingerprint density at radius 1 is 1.56 bits per heavy atom. The van der Waals surface area contributed by atoms with Crippen molar-refractivity contribution in [3.63, 3.8) is 0 Å². The Balaban J connectivity index is 2.40. The Morgan fingerprint density at radius 2 is 2.33 bits per heavy atom. The smallest absolute Gasteiger partial charge is 0.344 e. The highest BCUT2D eigenvalue weighted by atomic mass is 32.1. The van der Waals surface area contributed by atoms with Gasteiger partial charge in [-0.05, 0) is 18.0 Å². The van der Waals surface area contributed by atoms with Crippen LogP contribution in [0.4, 0.5) is 10.8 Å². The Morgan fingerprint density at radius 3 is 3.00 bits per heavy atom. The van der Waals surface area contributed by atoms with Gasteiger partial charge in [0.15, 0.2) is 5.82 Å². The third-order valence-electron chi connectivity index (χ3n) is 2.09. The van der Waals surface area contributed by atoms with E-state index in [4.69, 9.17) is 15.6 Å². The number of nitrogens with two attached hydrogens (primary N) is 1. The molecule has 1 aromatic rings. The number of hydrogen-bond donors (Lipinski definition) is 3. The number of carbonyl (C=O) groups is 1. The van der Waals surface area contributed by atoms with Gasteiger partial charge in [-0.1, -0.05) is 0 Å². The quantitative estimate of drug-likeness (QED) is 0.463. The van der Waals surface area contributed by atoms with Gasteiger partial charge in [0, 0.05) is 13.2 Å². The van der Waals surface area contributed by atoms with Crippen LogP contribution in [0.1, 0.15) is 16.8 Å². The summed E-state index contributed by atoms with van der Waals surface area (Å²) in [5.74, 6) is -0.328. The number of aliphatic hydroxyl groups excluding tert-OH is 1. The van der Waals surface area contributed by atoms with E-state index < -0.39 is 5.97 Å². The van der Waals surface area contributed by atoms with Gasteiger partial charge in [-0.15, -0.1) is 0 Å². The van der Waals surface area contributed by atoms with Crippen LogP contribution in [0.15, 0.2) is 0 Å². The summed E-state index contributed by atoms with van der Waals surface area (Å²) in [5, 5.41) is 12.2. The van der Waals surface area contributed by atoms with E-state index >= 15 is 0 Å². The summed E-state index contributed by atoms with van der Waals surface area (Å²) < 4.78 is 13.6. The lowest BCUT2D eigenvalue weighted by molar-refractivity contribution is 0.0603. The van der Waals surface area contributed by atoms with Crippen LogP contribution in [0.25, 0.3) is 0 Å². The number of nitrogens with one attached hydrogen (secondary N) is 1. The second-order valence-electron chi connectivity index (χ2n) is 3.38. The zero-order chi connectivity index (χ0) is 13.4. The molecule has 0 saturated carbocycles. The zero-order valence-electron chi connectivity index (χ0n) is 10.1. The monoisotopic (exact) mass is 275 g/mol. The highest BCUT2D eigenvalue weighted by Crippen LogP contribution is 2.27. The number of esters is 1. The number of aromatic nitrogens is 1. The average Bonchev–Trinajstić information content (AvgIpc) is 2.74. The third-order valence-corrected chi connectivity index (χ3v) is 2.91. The van der Waals surface area contributed by atoms with Gasteiger partial charge in [0.05, 0.1) is 20.3 Å². The molecule has 0 aliphatic heterocycles. The van der Waals surface area contributed by atoms with E-state index in [0.717, 1.165) is 18.0 Å². The molecule has 0 unspecified atom stereocenters. The Bertz CT molecular complexity index is 383. The zero-order valence-corrected chi connectivity index (χ0v) is 11.0.